The molecule has 90 valence electrons. The molecule has 1 aromatic carbocycles. The number of nitrogens with zero attached hydrogens (tertiary/aromatic N) is 2. The number of hydrogen-bond acceptors (Lipinski definition) is 2. The lowest BCUT2D eigenvalue weighted by molar-refractivity contribution is 0.0776. The first kappa shape index (κ1) is 13.5. The van der Waals surface area contributed by atoms with Crippen LogP contribution in [0.3, 0.4) is 0 Å². The first-order valence-electron chi connectivity index (χ1n) is 5.52. The summed E-state index contributed by atoms with van der Waals surface area (Å²) in [5, 5.41) is 9.24. The van der Waals surface area contributed by atoms with E-state index in [0.717, 1.165) is 12.0 Å². The summed E-state index contributed by atoms with van der Waals surface area (Å²) in [4.78, 5) is 13.7. The Kier molecular flexibility index (Phi) is 4.99. The summed E-state index contributed by atoms with van der Waals surface area (Å²) in [5.74, 6) is -0.140. The summed E-state index contributed by atoms with van der Waals surface area (Å²) >= 11 is 5.92. The zero-order chi connectivity index (χ0) is 12.8. The Balaban J connectivity index is 2.96. The van der Waals surface area contributed by atoms with Gasteiger partial charge in [-0.3, -0.25) is 4.79 Å². The van der Waals surface area contributed by atoms with Crippen molar-refractivity contribution in [2.75, 3.05) is 13.1 Å². The topological polar surface area (TPSA) is 44.1 Å². The first-order chi connectivity index (χ1) is 8.08. The molecule has 1 amide bonds. The lowest BCUT2D eigenvalue weighted by Crippen LogP contribution is -2.32. The monoisotopic (exact) mass is 250 g/mol. The molecule has 0 unspecified atom stereocenters. The summed E-state index contributed by atoms with van der Waals surface area (Å²) in [6.45, 7) is 4.55. The zero-order valence-corrected chi connectivity index (χ0v) is 10.8. The van der Waals surface area contributed by atoms with E-state index in [1.807, 2.05) is 19.9 Å². The third kappa shape index (κ3) is 3.76. The molecular formula is C13H15ClN2O. The van der Waals surface area contributed by atoms with Gasteiger partial charge in [0.15, 0.2) is 0 Å². The van der Waals surface area contributed by atoms with Crippen LogP contribution in [0.2, 0.25) is 5.02 Å². The molecule has 0 saturated carbocycles. The van der Waals surface area contributed by atoms with Crippen LogP contribution in [0.15, 0.2) is 18.2 Å². The third-order valence-electron chi connectivity index (χ3n) is 2.33. The molecular weight excluding hydrogens is 236 g/mol. The Morgan fingerprint density at radius 2 is 2.18 bits per heavy atom. The van der Waals surface area contributed by atoms with Gasteiger partial charge in [0.05, 0.1) is 6.07 Å². The van der Waals surface area contributed by atoms with Gasteiger partial charge in [0, 0.05) is 17.1 Å². The maximum atomic E-state index is 12.1. The van der Waals surface area contributed by atoms with Gasteiger partial charge in [-0.2, -0.15) is 5.26 Å². The number of aryl methyl sites for hydroxylation is 1. The lowest BCUT2D eigenvalue weighted by Gasteiger charge is -2.19. The highest BCUT2D eigenvalue weighted by Gasteiger charge is 2.15. The Labute approximate surface area is 107 Å². The van der Waals surface area contributed by atoms with Crippen molar-refractivity contribution in [1.29, 1.82) is 5.26 Å². The smallest absolute Gasteiger partial charge is 0.254 e. The lowest BCUT2D eigenvalue weighted by atomic mass is 10.1. The summed E-state index contributed by atoms with van der Waals surface area (Å²) in [5.41, 5.74) is 1.48. The molecule has 0 spiro atoms. The van der Waals surface area contributed by atoms with Crippen molar-refractivity contribution in [2.24, 2.45) is 0 Å². The Morgan fingerprint density at radius 3 is 2.71 bits per heavy atom. The number of amides is 1. The van der Waals surface area contributed by atoms with Gasteiger partial charge in [0.1, 0.15) is 6.54 Å². The predicted octanol–water partition coefficient (Wildman–Crippen LogP) is 3.02. The molecule has 4 heteroatoms. The Morgan fingerprint density at radius 1 is 1.47 bits per heavy atom. The number of nitriles is 1. The van der Waals surface area contributed by atoms with Crippen LogP contribution in [0.5, 0.6) is 0 Å². The highest BCUT2D eigenvalue weighted by molar-refractivity contribution is 6.31. The van der Waals surface area contributed by atoms with E-state index in [4.69, 9.17) is 16.9 Å². The van der Waals surface area contributed by atoms with Gasteiger partial charge in [-0.1, -0.05) is 18.5 Å². The van der Waals surface area contributed by atoms with E-state index in [-0.39, 0.29) is 12.5 Å². The fraction of sp³-hybridized carbons (Fsp3) is 0.385. The van der Waals surface area contributed by atoms with Gasteiger partial charge in [-0.05, 0) is 37.1 Å². The van der Waals surface area contributed by atoms with E-state index >= 15 is 0 Å². The van der Waals surface area contributed by atoms with Crippen molar-refractivity contribution in [1.82, 2.24) is 4.90 Å². The largest absolute Gasteiger partial charge is 0.325 e. The summed E-state index contributed by atoms with van der Waals surface area (Å²) in [6, 6.07) is 7.22. The molecule has 1 aromatic rings. The second kappa shape index (κ2) is 6.27. The Bertz CT molecular complexity index is 431. The van der Waals surface area contributed by atoms with E-state index in [1.165, 1.54) is 4.90 Å². The van der Waals surface area contributed by atoms with Gasteiger partial charge >= 0.3 is 0 Å². The summed E-state index contributed by atoms with van der Waals surface area (Å²) < 4.78 is 0. The molecule has 0 saturated heterocycles. The molecule has 0 atom stereocenters. The van der Waals surface area contributed by atoms with Crippen molar-refractivity contribution < 1.29 is 4.79 Å². The SMILES string of the molecule is CCCN(CC#N)C(=O)c1cc(C)cc(Cl)c1. The molecule has 0 N–H and O–H groups in total. The van der Waals surface area contributed by atoms with Crippen LogP contribution < -0.4 is 0 Å². The van der Waals surface area contributed by atoms with Crippen LogP contribution in [0.1, 0.15) is 29.3 Å². The second-order valence-corrected chi connectivity index (χ2v) is 4.34. The number of hydrogen-bond donors (Lipinski definition) is 0. The minimum Gasteiger partial charge on any atom is -0.325 e. The van der Waals surface area contributed by atoms with E-state index in [9.17, 15) is 4.79 Å². The van der Waals surface area contributed by atoms with Gasteiger partial charge in [0.25, 0.3) is 5.91 Å². The van der Waals surface area contributed by atoms with Crippen LogP contribution in [-0.4, -0.2) is 23.9 Å². The summed E-state index contributed by atoms with van der Waals surface area (Å²) in [7, 11) is 0. The van der Waals surface area contributed by atoms with Crippen molar-refractivity contribution in [3.8, 4) is 6.07 Å². The number of benzene rings is 1. The fourth-order valence-electron chi connectivity index (χ4n) is 1.65. The van der Waals surface area contributed by atoms with Gasteiger partial charge in [0.2, 0.25) is 0 Å². The minimum absolute atomic E-state index is 0.109. The van der Waals surface area contributed by atoms with Gasteiger partial charge in [-0.25, -0.2) is 0 Å². The molecule has 0 fully saturated rings. The first-order valence-corrected chi connectivity index (χ1v) is 5.89. The van der Waals surface area contributed by atoms with Crippen molar-refractivity contribution >= 4 is 17.5 Å². The molecule has 3 nitrogen and oxygen atoms in total. The quantitative estimate of drug-likeness (QED) is 0.771. The minimum atomic E-state index is -0.140. The van der Waals surface area contributed by atoms with Crippen LogP contribution in [0.4, 0.5) is 0 Å². The normalized spacial score (nSPS) is 9.76. The van der Waals surface area contributed by atoms with Crippen molar-refractivity contribution in [2.45, 2.75) is 20.3 Å². The van der Waals surface area contributed by atoms with Crippen LogP contribution >= 0.6 is 11.6 Å². The van der Waals surface area contributed by atoms with Gasteiger partial charge < -0.3 is 4.90 Å². The van der Waals surface area contributed by atoms with E-state index < -0.39 is 0 Å². The van der Waals surface area contributed by atoms with Crippen LogP contribution in [0.25, 0.3) is 0 Å². The zero-order valence-electron chi connectivity index (χ0n) is 10.0. The number of carbonyl (C=O) groups excluding carboxylic acids is 1. The molecule has 0 heterocycles. The maximum absolute atomic E-state index is 12.1. The van der Waals surface area contributed by atoms with Crippen LogP contribution in [0, 0.1) is 18.3 Å². The molecule has 0 aromatic heterocycles. The second-order valence-electron chi connectivity index (χ2n) is 3.90. The van der Waals surface area contributed by atoms with Gasteiger partial charge in [-0.15, -0.1) is 0 Å². The summed E-state index contributed by atoms with van der Waals surface area (Å²) in [6.07, 6.45) is 0.826. The molecule has 0 bridgehead atoms. The predicted molar refractivity (Wildman–Crippen MR) is 68.0 cm³/mol. The van der Waals surface area contributed by atoms with E-state index in [0.29, 0.717) is 17.1 Å². The number of carbonyl (C=O) groups is 1. The molecule has 17 heavy (non-hydrogen) atoms. The fourth-order valence-corrected chi connectivity index (χ4v) is 1.94. The molecule has 0 aliphatic heterocycles. The van der Waals surface area contributed by atoms with Crippen molar-refractivity contribution in [3.63, 3.8) is 0 Å². The highest BCUT2D eigenvalue weighted by Crippen LogP contribution is 2.16. The van der Waals surface area contributed by atoms with Crippen LogP contribution in [-0.2, 0) is 0 Å². The molecule has 0 radical (unpaired) electrons. The molecule has 0 aliphatic rings. The maximum Gasteiger partial charge on any atom is 0.254 e. The Hall–Kier alpha value is -1.53. The van der Waals surface area contributed by atoms with E-state index in [1.54, 1.807) is 18.2 Å². The highest BCUT2D eigenvalue weighted by atomic mass is 35.5. The van der Waals surface area contributed by atoms with Crippen molar-refractivity contribution in [3.05, 3.63) is 34.3 Å². The average molecular weight is 251 g/mol. The average Bonchev–Trinajstić information content (AvgIpc) is 2.26. The molecule has 1 rings (SSSR count). The standard InChI is InChI=1S/C13H15ClN2O/c1-3-5-16(6-4-15)13(17)11-7-10(2)8-12(14)9-11/h7-9H,3,5-6H2,1-2H3. The number of halogens is 1. The van der Waals surface area contributed by atoms with E-state index in [2.05, 4.69) is 0 Å². The number of rotatable bonds is 4. The third-order valence-corrected chi connectivity index (χ3v) is 2.55. The molecule has 0 aliphatic carbocycles.